The standard InChI is InChI=1S/C32H44N10/c33-29-15-7-11-25(37-29)21-41(22-26-12-8-16-30(34)38-26)19-5-3-1-2-4-6-20-42(23-27-13-9-17-31(35)39-27)24-28-14-10-18-32(36)40-28/h7-18H,1-6,19-24H2,(H2,33,37)(H2,34,38)(H2,35,39)(H2,36,40). The highest BCUT2D eigenvalue weighted by Gasteiger charge is 2.11. The van der Waals surface area contributed by atoms with E-state index in [2.05, 4.69) is 29.7 Å². The molecule has 0 aliphatic carbocycles. The van der Waals surface area contributed by atoms with Gasteiger partial charge in [0.05, 0.1) is 22.8 Å². The van der Waals surface area contributed by atoms with E-state index in [4.69, 9.17) is 22.9 Å². The van der Waals surface area contributed by atoms with Gasteiger partial charge in [0.25, 0.3) is 0 Å². The minimum atomic E-state index is 0.543. The van der Waals surface area contributed by atoms with Gasteiger partial charge in [-0.25, -0.2) is 19.9 Å². The summed E-state index contributed by atoms with van der Waals surface area (Å²) in [6.45, 7) is 4.81. The van der Waals surface area contributed by atoms with Crippen molar-refractivity contribution in [2.24, 2.45) is 0 Å². The molecular weight excluding hydrogens is 524 g/mol. The first-order valence-electron chi connectivity index (χ1n) is 14.7. The molecule has 0 fully saturated rings. The topological polar surface area (TPSA) is 162 Å². The molecule has 0 aromatic carbocycles. The summed E-state index contributed by atoms with van der Waals surface area (Å²) in [7, 11) is 0. The van der Waals surface area contributed by atoms with Crippen molar-refractivity contribution in [3.8, 4) is 0 Å². The van der Waals surface area contributed by atoms with Crippen LogP contribution in [0.15, 0.2) is 72.8 Å². The first-order valence-corrected chi connectivity index (χ1v) is 14.7. The zero-order valence-electron chi connectivity index (χ0n) is 24.4. The summed E-state index contributed by atoms with van der Waals surface area (Å²) >= 11 is 0. The molecule has 0 amide bonds. The number of aromatic nitrogens is 4. The fourth-order valence-corrected chi connectivity index (χ4v) is 5.07. The Balaban J connectivity index is 1.21. The van der Waals surface area contributed by atoms with Crippen LogP contribution in [0.25, 0.3) is 0 Å². The van der Waals surface area contributed by atoms with Crippen LogP contribution in [0.4, 0.5) is 23.3 Å². The fraction of sp³-hybridized carbons (Fsp3) is 0.375. The Labute approximate surface area is 249 Å². The number of hydrogen-bond acceptors (Lipinski definition) is 10. The number of hydrogen-bond donors (Lipinski definition) is 4. The molecule has 0 atom stereocenters. The summed E-state index contributed by atoms with van der Waals surface area (Å²) in [6.07, 6.45) is 6.98. The SMILES string of the molecule is Nc1cccc(CN(CCCCCCCCN(Cc2cccc(N)n2)Cc2cccc(N)n2)Cc2cccc(N)n2)n1. The predicted octanol–water partition coefficient (Wildman–Crippen LogP) is 4.64. The molecule has 0 bridgehead atoms. The molecule has 10 heteroatoms. The highest BCUT2D eigenvalue weighted by atomic mass is 15.1. The number of nitrogens with zero attached hydrogens (tertiary/aromatic N) is 6. The second kappa shape index (κ2) is 16.2. The van der Waals surface area contributed by atoms with Crippen LogP contribution in [-0.4, -0.2) is 42.8 Å². The molecule has 0 aliphatic rings. The molecule has 8 N–H and O–H groups in total. The van der Waals surface area contributed by atoms with E-state index < -0.39 is 0 Å². The average molecular weight is 569 g/mol. The number of nitrogens with two attached hydrogens (primary N) is 4. The van der Waals surface area contributed by atoms with Crippen molar-refractivity contribution in [1.29, 1.82) is 0 Å². The number of unbranched alkanes of at least 4 members (excludes halogenated alkanes) is 5. The van der Waals surface area contributed by atoms with Gasteiger partial charge in [0.15, 0.2) is 0 Å². The Hall–Kier alpha value is -4.28. The van der Waals surface area contributed by atoms with Crippen LogP contribution in [-0.2, 0) is 26.2 Å². The third-order valence-corrected chi connectivity index (χ3v) is 7.05. The second-order valence-corrected chi connectivity index (χ2v) is 10.8. The lowest BCUT2D eigenvalue weighted by molar-refractivity contribution is 0.240. The largest absolute Gasteiger partial charge is 0.384 e. The highest BCUT2D eigenvalue weighted by molar-refractivity contribution is 5.31. The molecular formula is C32H44N10. The quantitative estimate of drug-likeness (QED) is 0.132. The van der Waals surface area contributed by atoms with Crippen molar-refractivity contribution in [3.63, 3.8) is 0 Å². The first-order chi connectivity index (χ1) is 20.4. The van der Waals surface area contributed by atoms with Gasteiger partial charge >= 0.3 is 0 Å². The minimum Gasteiger partial charge on any atom is -0.384 e. The zero-order chi connectivity index (χ0) is 29.6. The molecule has 10 nitrogen and oxygen atoms in total. The van der Waals surface area contributed by atoms with Crippen LogP contribution in [0.3, 0.4) is 0 Å². The van der Waals surface area contributed by atoms with Gasteiger partial charge in [0, 0.05) is 26.2 Å². The number of pyridine rings is 4. The van der Waals surface area contributed by atoms with Crippen LogP contribution < -0.4 is 22.9 Å². The number of rotatable bonds is 17. The van der Waals surface area contributed by atoms with E-state index in [-0.39, 0.29) is 0 Å². The second-order valence-electron chi connectivity index (χ2n) is 10.8. The van der Waals surface area contributed by atoms with Gasteiger partial charge < -0.3 is 22.9 Å². The van der Waals surface area contributed by atoms with E-state index in [1.807, 2.05) is 72.8 Å². The summed E-state index contributed by atoms with van der Waals surface area (Å²) < 4.78 is 0. The lowest BCUT2D eigenvalue weighted by Gasteiger charge is -2.22. The van der Waals surface area contributed by atoms with Gasteiger partial charge in [-0.1, -0.05) is 49.9 Å². The molecule has 0 saturated heterocycles. The van der Waals surface area contributed by atoms with E-state index in [1.54, 1.807) is 0 Å². The molecule has 4 heterocycles. The average Bonchev–Trinajstić information content (AvgIpc) is 2.94. The molecule has 4 aromatic heterocycles. The van der Waals surface area contributed by atoms with Crippen molar-refractivity contribution >= 4 is 23.3 Å². The molecule has 4 aromatic rings. The first kappa shape index (κ1) is 30.7. The Morgan fingerprint density at radius 2 is 0.643 bits per heavy atom. The van der Waals surface area contributed by atoms with Crippen LogP contribution in [0.2, 0.25) is 0 Å². The van der Waals surface area contributed by atoms with Gasteiger partial charge in [0.1, 0.15) is 23.3 Å². The summed E-state index contributed by atoms with van der Waals surface area (Å²) in [4.78, 5) is 22.7. The summed E-state index contributed by atoms with van der Waals surface area (Å²) in [5, 5.41) is 0. The monoisotopic (exact) mass is 568 g/mol. The number of anilines is 4. The molecule has 0 radical (unpaired) electrons. The molecule has 0 saturated carbocycles. The van der Waals surface area contributed by atoms with E-state index in [9.17, 15) is 0 Å². The molecule has 0 unspecified atom stereocenters. The lowest BCUT2D eigenvalue weighted by Crippen LogP contribution is -2.25. The maximum Gasteiger partial charge on any atom is 0.123 e. The van der Waals surface area contributed by atoms with Crippen molar-refractivity contribution in [2.45, 2.75) is 64.7 Å². The third-order valence-electron chi connectivity index (χ3n) is 7.05. The van der Waals surface area contributed by atoms with E-state index in [0.29, 0.717) is 23.3 Å². The molecule has 4 rings (SSSR count). The van der Waals surface area contributed by atoms with Gasteiger partial charge in [-0.05, 0) is 74.5 Å². The maximum atomic E-state index is 5.92. The predicted molar refractivity (Wildman–Crippen MR) is 171 cm³/mol. The molecule has 42 heavy (non-hydrogen) atoms. The van der Waals surface area contributed by atoms with E-state index in [1.165, 1.54) is 25.7 Å². The molecule has 0 spiro atoms. The fourth-order valence-electron chi connectivity index (χ4n) is 5.07. The summed E-state index contributed by atoms with van der Waals surface area (Å²) in [5.74, 6) is 2.17. The smallest absolute Gasteiger partial charge is 0.123 e. The van der Waals surface area contributed by atoms with Gasteiger partial charge in [-0.2, -0.15) is 0 Å². The van der Waals surface area contributed by atoms with Crippen molar-refractivity contribution < 1.29 is 0 Å². The summed E-state index contributed by atoms with van der Waals surface area (Å²) in [5.41, 5.74) is 27.5. The van der Waals surface area contributed by atoms with Crippen LogP contribution >= 0.6 is 0 Å². The Bertz CT molecular complexity index is 1180. The Morgan fingerprint density at radius 3 is 0.905 bits per heavy atom. The van der Waals surface area contributed by atoms with E-state index >= 15 is 0 Å². The van der Waals surface area contributed by atoms with Gasteiger partial charge in [0.2, 0.25) is 0 Å². The third kappa shape index (κ3) is 10.9. The normalized spacial score (nSPS) is 11.4. The lowest BCUT2D eigenvalue weighted by atomic mass is 10.1. The van der Waals surface area contributed by atoms with Crippen LogP contribution in [0.1, 0.15) is 61.3 Å². The Morgan fingerprint density at radius 1 is 0.381 bits per heavy atom. The van der Waals surface area contributed by atoms with Gasteiger partial charge in [-0.3, -0.25) is 9.80 Å². The van der Waals surface area contributed by atoms with Crippen molar-refractivity contribution in [1.82, 2.24) is 29.7 Å². The minimum absolute atomic E-state index is 0.543. The van der Waals surface area contributed by atoms with E-state index in [0.717, 1.165) is 74.9 Å². The van der Waals surface area contributed by atoms with Crippen LogP contribution in [0, 0.1) is 0 Å². The molecule has 0 aliphatic heterocycles. The number of nitrogen functional groups attached to an aromatic ring is 4. The van der Waals surface area contributed by atoms with Gasteiger partial charge in [-0.15, -0.1) is 0 Å². The van der Waals surface area contributed by atoms with Crippen molar-refractivity contribution in [3.05, 3.63) is 95.6 Å². The molecule has 222 valence electrons. The maximum absolute atomic E-state index is 5.92. The van der Waals surface area contributed by atoms with Crippen molar-refractivity contribution in [2.75, 3.05) is 36.0 Å². The summed E-state index contributed by atoms with van der Waals surface area (Å²) in [6, 6.07) is 23.1. The van der Waals surface area contributed by atoms with Crippen LogP contribution in [0.5, 0.6) is 0 Å². The zero-order valence-corrected chi connectivity index (χ0v) is 24.4. The highest BCUT2D eigenvalue weighted by Crippen LogP contribution is 2.15. The Kier molecular flexibility index (Phi) is 11.9.